The first kappa shape index (κ1) is 27.7. The molecule has 1 spiro atoms. The Labute approximate surface area is 292 Å². The molecule has 0 fully saturated rings. The van der Waals surface area contributed by atoms with Gasteiger partial charge in [0, 0.05) is 16.5 Å². The third-order valence-corrected chi connectivity index (χ3v) is 11.8. The van der Waals surface area contributed by atoms with Crippen molar-refractivity contribution in [3.8, 4) is 44.9 Å². The highest BCUT2D eigenvalue weighted by Crippen LogP contribution is 2.66. The van der Waals surface area contributed by atoms with Crippen LogP contribution in [0.2, 0.25) is 0 Å². The summed E-state index contributed by atoms with van der Waals surface area (Å²) >= 11 is 0. The van der Waals surface area contributed by atoms with Crippen molar-refractivity contribution in [3.05, 3.63) is 215 Å². The molecule has 11 rings (SSSR count). The molecule has 3 aliphatic rings. The molecule has 2 aliphatic carbocycles. The molecule has 0 radical (unpaired) electrons. The number of benzene rings is 8. The lowest BCUT2D eigenvalue weighted by Gasteiger charge is -2.38. The maximum Gasteiger partial charge on any atom is 0.131 e. The molecule has 1 heteroatoms. The van der Waals surface area contributed by atoms with Crippen molar-refractivity contribution >= 4 is 10.8 Å². The first-order chi connectivity index (χ1) is 24.7. The number of para-hydroxylation sites is 1. The molecule has 8 aromatic rings. The molecule has 0 bridgehead atoms. The molecule has 0 aromatic heterocycles. The fraction of sp³-hybridized carbons (Fsp3) is 0.0612. The van der Waals surface area contributed by atoms with Crippen LogP contribution in [0.15, 0.2) is 176 Å². The first-order valence-electron chi connectivity index (χ1n) is 17.5. The second-order valence-corrected chi connectivity index (χ2v) is 14.1. The Kier molecular flexibility index (Phi) is 5.51. The van der Waals surface area contributed by atoms with Crippen LogP contribution in [-0.4, -0.2) is 0 Å². The van der Waals surface area contributed by atoms with Crippen LogP contribution in [0.3, 0.4) is 0 Å². The predicted molar refractivity (Wildman–Crippen MR) is 204 cm³/mol. The summed E-state index contributed by atoms with van der Waals surface area (Å²) in [6.07, 6.45) is 0. The first-order valence-corrected chi connectivity index (χ1v) is 17.5. The summed E-state index contributed by atoms with van der Waals surface area (Å²) in [4.78, 5) is 0. The summed E-state index contributed by atoms with van der Waals surface area (Å²) in [5.41, 5.74) is 15.9. The van der Waals surface area contributed by atoms with E-state index in [0.29, 0.717) is 0 Å². The Morgan fingerprint density at radius 1 is 0.400 bits per heavy atom. The largest absolute Gasteiger partial charge is 0.457 e. The maximum atomic E-state index is 6.66. The van der Waals surface area contributed by atoms with Gasteiger partial charge in [-0.3, -0.25) is 0 Å². The van der Waals surface area contributed by atoms with Gasteiger partial charge in [-0.05, 0) is 97.1 Å². The lowest BCUT2D eigenvalue weighted by atomic mass is 9.66. The summed E-state index contributed by atoms with van der Waals surface area (Å²) in [6.45, 7) is 2.36. The normalized spacial score (nSPS) is 18.8. The lowest BCUT2D eigenvalue weighted by molar-refractivity contribution is 0.427. The molecule has 0 saturated heterocycles. The average Bonchev–Trinajstić information content (AvgIpc) is 3.66. The van der Waals surface area contributed by atoms with Gasteiger partial charge in [0.25, 0.3) is 0 Å². The summed E-state index contributed by atoms with van der Waals surface area (Å²) in [7, 11) is 0. The van der Waals surface area contributed by atoms with E-state index in [0.717, 1.165) is 11.5 Å². The van der Waals surface area contributed by atoms with Crippen LogP contribution in [0.5, 0.6) is 11.5 Å². The minimum atomic E-state index is -0.475. The molecule has 2 unspecified atom stereocenters. The number of hydrogen-bond acceptors (Lipinski definition) is 1. The van der Waals surface area contributed by atoms with E-state index in [4.69, 9.17) is 4.74 Å². The number of fused-ring (bicyclic) bond motifs is 14. The Morgan fingerprint density at radius 2 is 1.00 bits per heavy atom. The lowest BCUT2D eigenvalue weighted by Crippen LogP contribution is -2.29. The number of rotatable bonds is 2. The van der Waals surface area contributed by atoms with Gasteiger partial charge in [-0.25, -0.2) is 0 Å². The second kappa shape index (κ2) is 9.94. The van der Waals surface area contributed by atoms with Gasteiger partial charge in [-0.1, -0.05) is 158 Å². The zero-order valence-corrected chi connectivity index (χ0v) is 27.7. The van der Waals surface area contributed by atoms with Crippen LogP contribution in [-0.2, 0) is 10.8 Å². The topological polar surface area (TPSA) is 9.23 Å². The van der Waals surface area contributed by atoms with Gasteiger partial charge in [-0.15, -0.1) is 0 Å². The third-order valence-electron chi connectivity index (χ3n) is 11.8. The fourth-order valence-electron chi connectivity index (χ4n) is 9.71. The van der Waals surface area contributed by atoms with Crippen molar-refractivity contribution in [1.82, 2.24) is 0 Å². The van der Waals surface area contributed by atoms with Crippen molar-refractivity contribution in [2.75, 3.05) is 0 Å². The van der Waals surface area contributed by atoms with Crippen molar-refractivity contribution < 1.29 is 4.74 Å². The number of hydrogen-bond donors (Lipinski definition) is 0. The van der Waals surface area contributed by atoms with E-state index < -0.39 is 10.8 Å². The second-order valence-electron chi connectivity index (χ2n) is 14.1. The Balaban J connectivity index is 1.25. The zero-order chi connectivity index (χ0) is 33.0. The van der Waals surface area contributed by atoms with Crippen molar-refractivity contribution in [2.24, 2.45) is 0 Å². The molecule has 50 heavy (non-hydrogen) atoms. The van der Waals surface area contributed by atoms with Gasteiger partial charge in [0.2, 0.25) is 0 Å². The highest BCUT2D eigenvalue weighted by atomic mass is 16.5. The summed E-state index contributed by atoms with van der Waals surface area (Å²) in [6, 6.07) is 65.0. The molecule has 0 saturated carbocycles. The van der Waals surface area contributed by atoms with Gasteiger partial charge in [-0.2, -0.15) is 0 Å². The highest BCUT2D eigenvalue weighted by Gasteiger charge is 2.53. The SMILES string of the molecule is CC1(c2ccccc2)c2ccccc2Oc2ccc(-c3cccc4c3C3(c5ccccc5-4)c4ccccc4-c4ccc5ccccc5c43)cc21. The van der Waals surface area contributed by atoms with E-state index in [9.17, 15) is 0 Å². The molecule has 1 nitrogen and oxygen atoms in total. The smallest absolute Gasteiger partial charge is 0.131 e. The number of ether oxygens (including phenoxy) is 1. The van der Waals surface area contributed by atoms with E-state index in [1.54, 1.807) is 0 Å². The third kappa shape index (κ3) is 3.37. The Morgan fingerprint density at radius 3 is 1.80 bits per heavy atom. The van der Waals surface area contributed by atoms with Crippen LogP contribution in [0.25, 0.3) is 44.2 Å². The quantitative estimate of drug-likeness (QED) is 0.183. The molecule has 1 aliphatic heterocycles. The van der Waals surface area contributed by atoms with E-state index in [2.05, 4.69) is 183 Å². The molecular weight excluding hydrogens is 605 g/mol. The van der Waals surface area contributed by atoms with E-state index >= 15 is 0 Å². The monoisotopic (exact) mass is 636 g/mol. The van der Waals surface area contributed by atoms with Crippen molar-refractivity contribution in [3.63, 3.8) is 0 Å². The van der Waals surface area contributed by atoms with Gasteiger partial charge in [0.15, 0.2) is 0 Å². The van der Waals surface area contributed by atoms with Gasteiger partial charge in [0.1, 0.15) is 11.5 Å². The minimum Gasteiger partial charge on any atom is -0.457 e. The molecule has 0 amide bonds. The zero-order valence-electron chi connectivity index (χ0n) is 27.7. The summed E-state index contributed by atoms with van der Waals surface area (Å²) in [5.74, 6) is 1.83. The van der Waals surface area contributed by atoms with Crippen LogP contribution in [0.4, 0.5) is 0 Å². The molecule has 8 aromatic carbocycles. The molecule has 234 valence electrons. The predicted octanol–water partition coefficient (Wildman–Crippen LogP) is 12.3. The molecular formula is C49H32O. The van der Waals surface area contributed by atoms with Crippen molar-refractivity contribution in [2.45, 2.75) is 17.8 Å². The highest BCUT2D eigenvalue weighted by molar-refractivity contribution is 6.05. The fourth-order valence-corrected chi connectivity index (χ4v) is 9.71. The Hall–Kier alpha value is -6.18. The minimum absolute atomic E-state index is 0.400. The maximum absolute atomic E-state index is 6.66. The van der Waals surface area contributed by atoms with Gasteiger partial charge < -0.3 is 4.74 Å². The summed E-state index contributed by atoms with van der Waals surface area (Å²) in [5, 5.41) is 2.58. The van der Waals surface area contributed by atoms with E-state index in [-0.39, 0.29) is 0 Å². The van der Waals surface area contributed by atoms with Gasteiger partial charge in [0.05, 0.1) is 5.41 Å². The molecule has 2 atom stereocenters. The van der Waals surface area contributed by atoms with Crippen molar-refractivity contribution in [1.29, 1.82) is 0 Å². The van der Waals surface area contributed by atoms with E-state index in [1.807, 2.05) is 0 Å². The van der Waals surface area contributed by atoms with Crippen LogP contribution >= 0.6 is 0 Å². The van der Waals surface area contributed by atoms with Crippen LogP contribution < -0.4 is 4.74 Å². The average molecular weight is 637 g/mol. The molecule has 1 heterocycles. The summed E-state index contributed by atoms with van der Waals surface area (Å²) < 4.78 is 6.66. The molecule has 0 N–H and O–H groups in total. The van der Waals surface area contributed by atoms with Gasteiger partial charge >= 0.3 is 0 Å². The van der Waals surface area contributed by atoms with Crippen LogP contribution in [0, 0.1) is 0 Å². The standard InChI is InChI=1S/C49H32O/c1-48(33-15-3-2-4-16-33)42-24-11-12-25-44(42)50-45-29-27-32(30-43(45)48)35-20-13-21-38-36-18-7-9-22-40(36)49(47(35)38)41-23-10-8-19-37(41)39-28-26-31-14-5-6-17-34(31)46(39)49/h2-30H,1H3. The van der Waals surface area contributed by atoms with Crippen LogP contribution in [0.1, 0.15) is 45.9 Å². The Bertz CT molecular complexity index is 2690. The van der Waals surface area contributed by atoms with E-state index in [1.165, 1.54) is 83.1 Å².